The zero-order chi connectivity index (χ0) is 13.6. The van der Waals surface area contributed by atoms with Crippen LogP contribution >= 0.6 is 11.6 Å². The van der Waals surface area contributed by atoms with E-state index in [0.29, 0.717) is 23.9 Å². The fourth-order valence-electron chi connectivity index (χ4n) is 1.54. The molecule has 0 heterocycles. The van der Waals surface area contributed by atoms with Gasteiger partial charge in [0.1, 0.15) is 5.75 Å². The van der Waals surface area contributed by atoms with E-state index in [2.05, 4.69) is 6.07 Å². The number of nitrogens with two attached hydrogens (primary N) is 1. The molecule has 0 spiro atoms. The van der Waals surface area contributed by atoms with Gasteiger partial charge in [-0.15, -0.1) is 0 Å². The molecule has 0 aliphatic carbocycles. The van der Waals surface area contributed by atoms with Crippen molar-refractivity contribution in [1.29, 1.82) is 5.26 Å². The van der Waals surface area contributed by atoms with Crippen molar-refractivity contribution < 1.29 is 4.74 Å². The second-order valence-electron chi connectivity index (χ2n) is 4.92. The minimum Gasteiger partial charge on any atom is -0.492 e. The Morgan fingerprint density at radius 3 is 2.72 bits per heavy atom. The van der Waals surface area contributed by atoms with Gasteiger partial charge in [0.25, 0.3) is 0 Å². The summed E-state index contributed by atoms with van der Waals surface area (Å²) in [5.41, 5.74) is 6.21. The van der Waals surface area contributed by atoms with E-state index in [4.69, 9.17) is 27.3 Å². The van der Waals surface area contributed by atoms with Gasteiger partial charge in [-0.1, -0.05) is 17.7 Å². The summed E-state index contributed by atoms with van der Waals surface area (Å²) in [4.78, 5) is 0. The Balaban J connectivity index is 2.43. The van der Waals surface area contributed by atoms with Crippen LogP contribution in [0.5, 0.6) is 5.75 Å². The SMILES string of the molecule is CC(C)(C#N)CCCOc1ccc(CN)cc1Cl. The maximum atomic E-state index is 8.89. The first-order chi connectivity index (χ1) is 8.48. The van der Waals surface area contributed by atoms with Crippen molar-refractivity contribution in [3.63, 3.8) is 0 Å². The Kier molecular flexibility index (Phi) is 5.46. The standard InChI is InChI=1S/C14H19ClN2O/c1-14(2,10-17)6-3-7-18-13-5-4-11(9-16)8-12(13)15/h4-5,8H,3,6-7,9,16H2,1-2H3. The summed E-state index contributed by atoms with van der Waals surface area (Å²) in [6.45, 7) is 4.88. The highest BCUT2D eigenvalue weighted by atomic mass is 35.5. The van der Waals surface area contributed by atoms with E-state index in [1.807, 2.05) is 32.0 Å². The lowest BCUT2D eigenvalue weighted by Gasteiger charge is -2.15. The van der Waals surface area contributed by atoms with Crippen molar-refractivity contribution >= 4 is 11.6 Å². The van der Waals surface area contributed by atoms with E-state index in [9.17, 15) is 0 Å². The third kappa shape index (κ3) is 4.56. The zero-order valence-electron chi connectivity index (χ0n) is 10.9. The van der Waals surface area contributed by atoms with Crippen LogP contribution in [0.4, 0.5) is 0 Å². The van der Waals surface area contributed by atoms with Gasteiger partial charge < -0.3 is 10.5 Å². The smallest absolute Gasteiger partial charge is 0.137 e. The first kappa shape index (κ1) is 14.8. The van der Waals surface area contributed by atoms with Crippen LogP contribution in [0.3, 0.4) is 0 Å². The van der Waals surface area contributed by atoms with E-state index < -0.39 is 0 Å². The number of ether oxygens (including phenoxy) is 1. The van der Waals surface area contributed by atoms with Crippen molar-refractivity contribution in [3.05, 3.63) is 28.8 Å². The maximum absolute atomic E-state index is 8.89. The average Bonchev–Trinajstić information content (AvgIpc) is 2.36. The Morgan fingerprint density at radius 2 is 2.17 bits per heavy atom. The molecule has 1 aromatic rings. The molecule has 0 saturated heterocycles. The van der Waals surface area contributed by atoms with E-state index in [0.717, 1.165) is 18.4 Å². The van der Waals surface area contributed by atoms with Gasteiger partial charge in [-0.05, 0) is 44.4 Å². The molecule has 18 heavy (non-hydrogen) atoms. The third-order valence-corrected chi connectivity index (χ3v) is 3.03. The summed E-state index contributed by atoms with van der Waals surface area (Å²) in [5, 5.41) is 9.47. The number of nitrogens with zero attached hydrogens (tertiary/aromatic N) is 1. The van der Waals surface area contributed by atoms with E-state index >= 15 is 0 Å². The van der Waals surface area contributed by atoms with Gasteiger partial charge in [-0.25, -0.2) is 0 Å². The topological polar surface area (TPSA) is 59.0 Å². The highest BCUT2D eigenvalue weighted by Crippen LogP contribution is 2.26. The summed E-state index contributed by atoms with van der Waals surface area (Å²) in [5.74, 6) is 0.670. The number of hydrogen-bond acceptors (Lipinski definition) is 3. The second-order valence-corrected chi connectivity index (χ2v) is 5.32. The molecule has 4 heteroatoms. The predicted octanol–water partition coefficient (Wildman–Crippen LogP) is 3.51. The summed E-state index contributed by atoms with van der Waals surface area (Å²) in [6.07, 6.45) is 1.64. The largest absolute Gasteiger partial charge is 0.492 e. The van der Waals surface area contributed by atoms with Crippen molar-refractivity contribution in [3.8, 4) is 11.8 Å². The summed E-state index contributed by atoms with van der Waals surface area (Å²) >= 11 is 6.07. The molecule has 0 saturated carbocycles. The van der Waals surface area contributed by atoms with Crippen molar-refractivity contribution in [1.82, 2.24) is 0 Å². The molecule has 0 radical (unpaired) electrons. The Bertz CT molecular complexity index is 438. The maximum Gasteiger partial charge on any atom is 0.137 e. The lowest BCUT2D eigenvalue weighted by atomic mass is 9.90. The minimum atomic E-state index is -0.295. The minimum absolute atomic E-state index is 0.295. The number of rotatable bonds is 6. The Morgan fingerprint density at radius 1 is 1.44 bits per heavy atom. The molecular formula is C14H19ClN2O. The molecule has 0 unspecified atom stereocenters. The van der Waals surface area contributed by atoms with Crippen LogP contribution in [0.1, 0.15) is 32.3 Å². The molecular weight excluding hydrogens is 248 g/mol. The molecule has 0 aliphatic rings. The van der Waals surface area contributed by atoms with Gasteiger partial charge in [0.05, 0.1) is 23.1 Å². The Labute approximate surface area is 114 Å². The molecule has 1 rings (SSSR count). The first-order valence-electron chi connectivity index (χ1n) is 6.01. The summed E-state index contributed by atoms with van der Waals surface area (Å²) < 4.78 is 5.59. The number of halogens is 1. The third-order valence-electron chi connectivity index (χ3n) is 2.74. The van der Waals surface area contributed by atoms with Gasteiger partial charge in [-0.3, -0.25) is 0 Å². The second kappa shape index (κ2) is 6.63. The lowest BCUT2D eigenvalue weighted by molar-refractivity contribution is 0.284. The fourth-order valence-corrected chi connectivity index (χ4v) is 1.80. The highest BCUT2D eigenvalue weighted by molar-refractivity contribution is 6.32. The monoisotopic (exact) mass is 266 g/mol. The van der Waals surface area contributed by atoms with Crippen LogP contribution < -0.4 is 10.5 Å². The van der Waals surface area contributed by atoms with Crippen LogP contribution in [-0.2, 0) is 6.54 Å². The van der Waals surface area contributed by atoms with E-state index in [-0.39, 0.29) is 5.41 Å². The normalized spacial score (nSPS) is 11.1. The predicted molar refractivity (Wildman–Crippen MR) is 73.5 cm³/mol. The van der Waals surface area contributed by atoms with Crippen LogP contribution in [0, 0.1) is 16.7 Å². The van der Waals surface area contributed by atoms with Crippen molar-refractivity contribution in [2.45, 2.75) is 33.2 Å². The quantitative estimate of drug-likeness (QED) is 0.802. The summed E-state index contributed by atoms with van der Waals surface area (Å²) in [7, 11) is 0. The van der Waals surface area contributed by atoms with Crippen LogP contribution in [0.2, 0.25) is 5.02 Å². The first-order valence-corrected chi connectivity index (χ1v) is 6.39. The molecule has 3 nitrogen and oxygen atoms in total. The molecule has 2 N–H and O–H groups in total. The van der Waals surface area contributed by atoms with Gasteiger partial charge in [0.2, 0.25) is 0 Å². The zero-order valence-corrected chi connectivity index (χ0v) is 11.6. The number of hydrogen-bond donors (Lipinski definition) is 1. The Hall–Kier alpha value is -1.24. The van der Waals surface area contributed by atoms with E-state index in [1.54, 1.807) is 0 Å². The molecule has 1 aromatic carbocycles. The molecule has 0 amide bonds. The van der Waals surface area contributed by atoms with Crippen molar-refractivity contribution in [2.24, 2.45) is 11.1 Å². The highest BCUT2D eigenvalue weighted by Gasteiger charge is 2.15. The molecule has 0 bridgehead atoms. The number of benzene rings is 1. The van der Waals surface area contributed by atoms with Crippen molar-refractivity contribution in [2.75, 3.05) is 6.61 Å². The van der Waals surface area contributed by atoms with Crippen LogP contribution in [-0.4, -0.2) is 6.61 Å². The molecule has 98 valence electrons. The molecule has 0 fully saturated rings. The van der Waals surface area contributed by atoms with Gasteiger partial charge in [0.15, 0.2) is 0 Å². The van der Waals surface area contributed by atoms with E-state index in [1.165, 1.54) is 0 Å². The van der Waals surface area contributed by atoms with Gasteiger partial charge in [-0.2, -0.15) is 5.26 Å². The van der Waals surface area contributed by atoms with Gasteiger partial charge >= 0.3 is 0 Å². The molecule has 0 aliphatic heterocycles. The number of nitriles is 1. The lowest BCUT2D eigenvalue weighted by Crippen LogP contribution is -2.10. The van der Waals surface area contributed by atoms with Gasteiger partial charge in [0, 0.05) is 6.54 Å². The molecule has 0 aromatic heterocycles. The fraction of sp³-hybridized carbons (Fsp3) is 0.500. The average molecular weight is 267 g/mol. The summed E-state index contributed by atoms with van der Waals surface area (Å²) in [6, 6.07) is 7.82. The van der Waals surface area contributed by atoms with Crippen LogP contribution in [0.15, 0.2) is 18.2 Å². The van der Waals surface area contributed by atoms with Crippen LogP contribution in [0.25, 0.3) is 0 Å². The molecule has 0 atom stereocenters.